The Kier molecular flexibility index (Phi) is 2.29. The van der Waals surface area contributed by atoms with E-state index in [1.807, 2.05) is 13.8 Å². The topological polar surface area (TPSA) is 82.5 Å². The molecule has 5 nitrogen and oxygen atoms in total. The van der Waals surface area contributed by atoms with Crippen LogP contribution in [0, 0.1) is 17.8 Å². The van der Waals surface area contributed by atoms with E-state index in [1.165, 1.54) is 0 Å². The molecule has 8 atom stereocenters. The van der Waals surface area contributed by atoms with Crippen LogP contribution in [0.4, 0.5) is 0 Å². The summed E-state index contributed by atoms with van der Waals surface area (Å²) in [4.78, 5) is 0. The molecule has 4 fully saturated rings. The van der Waals surface area contributed by atoms with Gasteiger partial charge in [-0.1, -0.05) is 13.5 Å². The lowest BCUT2D eigenvalue weighted by Crippen LogP contribution is -2.69. The number of aliphatic hydroxyl groups excluding tert-OH is 1. The zero-order valence-corrected chi connectivity index (χ0v) is 11.9. The van der Waals surface area contributed by atoms with Crippen LogP contribution in [-0.2, 0) is 9.47 Å². The summed E-state index contributed by atoms with van der Waals surface area (Å²) >= 11 is 0. The molecule has 4 aliphatic rings. The Morgan fingerprint density at radius 2 is 2.05 bits per heavy atom. The number of aliphatic hydroxyl groups is 3. The van der Waals surface area contributed by atoms with Gasteiger partial charge in [0.05, 0.1) is 18.8 Å². The first kappa shape index (κ1) is 13.2. The first-order chi connectivity index (χ1) is 9.24. The van der Waals surface area contributed by atoms with E-state index in [-0.39, 0.29) is 24.5 Å². The zero-order valence-electron chi connectivity index (χ0n) is 11.9. The van der Waals surface area contributed by atoms with Crippen molar-refractivity contribution in [2.75, 3.05) is 6.61 Å². The monoisotopic (exact) mass is 282 g/mol. The molecule has 0 aromatic carbocycles. The van der Waals surface area contributed by atoms with Gasteiger partial charge >= 0.3 is 0 Å². The third-order valence-corrected chi connectivity index (χ3v) is 6.28. The zero-order chi connectivity index (χ0) is 14.5. The maximum absolute atomic E-state index is 11.2. The molecular weight excluding hydrogens is 260 g/mol. The van der Waals surface area contributed by atoms with E-state index in [0.29, 0.717) is 12.0 Å². The first-order valence-electron chi connectivity index (χ1n) is 7.37. The van der Waals surface area contributed by atoms with Crippen molar-refractivity contribution in [3.8, 4) is 0 Å². The molecule has 0 bridgehead atoms. The summed E-state index contributed by atoms with van der Waals surface area (Å²) < 4.78 is 11.1. The van der Waals surface area contributed by atoms with Crippen molar-refractivity contribution >= 4 is 0 Å². The van der Waals surface area contributed by atoms with Gasteiger partial charge in [-0.25, -0.2) is 0 Å². The molecule has 2 saturated carbocycles. The Hall–Kier alpha value is -0.460. The standard InChI is InChI=1S/C15H22O5/c1-7-5-14(17)15(18,8(2)6-19-14)11-9(7)4-10-13(3,20-10)12(11)16/h7,9-12,16-18H,2,4-6H2,1,3H3/t7-,9+,10+,11+,12-,13+,14+,15+/m1/s1. The molecule has 0 radical (unpaired) electrons. The number of hydrogen-bond donors (Lipinski definition) is 3. The van der Waals surface area contributed by atoms with Crippen LogP contribution in [0.1, 0.15) is 26.7 Å². The lowest BCUT2D eigenvalue weighted by atomic mass is 9.53. The van der Waals surface area contributed by atoms with Crippen LogP contribution in [0.5, 0.6) is 0 Å². The minimum Gasteiger partial charge on any atom is -0.390 e. The number of epoxide rings is 1. The smallest absolute Gasteiger partial charge is 0.199 e. The molecule has 4 rings (SSSR count). The summed E-state index contributed by atoms with van der Waals surface area (Å²) in [7, 11) is 0. The van der Waals surface area contributed by atoms with Gasteiger partial charge in [-0.3, -0.25) is 0 Å². The summed E-state index contributed by atoms with van der Waals surface area (Å²) in [5.41, 5.74) is -1.72. The second-order valence-electron chi connectivity index (χ2n) is 7.28. The van der Waals surface area contributed by atoms with Gasteiger partial charge in [0, 0.05) is 12.3 Å². The van der Waals surface area contributed by atoms with Crippen molar-refractivity contribution in [2.24, 2.45) is 17.8 Å². The molecule has 0 amide bonds. The second kappa shape index (κ2) is 3.47. The van der Waals surface area contributed by atoms with E-state index in [0.717, 1.165) is 6.42 Å². The summed E-state index contributed by atoms with van der Waals surface area (Å²) in [5, 5.41) is 32.7. The quantitative estimate of drug-likeness (QED) is 0.436. The Labute approximate surface area is 118 Å². The predicted molar refractivity (Wildman–Crippen MR) is 69.7 cm³/mol. The molecule has 3 N–H and O–H groups in total. The predicted octanol–water partition coefficient (Wildman–Crippen LogP) is 0.187. The number of fused-ring (bicyclic) bond motifs is 4. The Morgan fingerprint density at radius 3 is 2.75 bits per heavy atom. The molecule has 0 spiro atoms. The van der Waals surface area contributed by atoms with Crippen molar-refractivity contribution in [2.45, 2.75) is 55.9 Å². The van der Waals surface area contributed by atoms with Gasteiger partial charge in [-0.15, -0.1) is 0 Å². The van der Waals surface area contributed by atoms with E-state index < -0.39 is 29.0 Å². The number of rotatable bonds is 0. The fourth-order valence-electron chi connectivity index (χ4n) is 4.93. The van der Waals surface area contributed by atoms with Gasteiger partial charge in [0.2, 0.25) is 0 Å². The maximum Gasteiger partial charge on any atom is 0.199 e. The highest BCUT2D eigenvalue weighted by molar-refractivity contribution is 5.32. The van der Waals surface area contributed by atoms with Crippen LogP contribution in [0.2, 0.25) is 0 Å². The SMILES string of the molecule is C=C1CO[C@@]2(O)C[C@@H](C)[C@@H]3C[C@@H]4O[C@]4(C)[C@H](O)[C@H]3[C@@]12O. The van der Waals surface area contributed by atoms with Crippen LogP contribution in [0.3, 0.4) is 0 Å². The van der Waals surface area contributed by atoms with Crippen molar-refractivity contribution in [3.05, 3.63) is 12.2 Å². The van der Waals surface area contributed by atoms with E-state index in [2.05, 4.69) is 6.58 Å². The van der Waals surface area contributed by atoms with Crippen molar-refractivity contribution in [3.63, 3.8) is 0 Å². The van der Waals surface area contributed by atoms with Crippen LogP contribution in [0.15, 0.2) is 12.2 Å². The molecule has 20 heavy (non-hydrogen) atoms. The van der Waals surface area contributed by atoms with Crippen LogP contribution in [0.25, 0.3) is 0 Å². The van der Waals surface area contributed by atoms with Crippen LogP contribution >= 0.6 is 0 Å². The van der Waals surface area contributed by atoms with E-state index in [9.17, 15) is 15.3 Å². The molecule has 2 heterocycles. The van der Waals surface area contributed by atoms with E-state index in [1.54, 1.807) is 0 Å². The average Bonchev–Trinajstić information content (AvgIpc) is 2.99. The van der Waals surface area contributed by atoms with Crippen LogP contribution < -0.4 is 0 Å². The third kappa shape index (κ3) is 1.23. The third-order valence-electron chi connectivity index (χ3n) is 6.28. The Morgan fingerprint density at radius 1 is 1.35 bits per heavy atom. The Balaban J connectivity index is 1.83. The van der Waals surface area contributed by atoms with Gasteiger partial charge in [0.15, 0.2) is 5.79 Å². The summed E-state index contributed by atoms with van der Waals surface area (Å²) in [6.45, 7) is 7.93. The maximum atomic E-state index is 11.2. The summed E-state index contributed by atoms with van der Waals surface area (Å²) in [6.07, 6.45) is 0.417. The van der Waals surface area contributed by atoms with Gasteiger partial charge in [-0.05, 0) is 30.8 Å². The van der Waals surface area contributed by atoms with Crippen molar-refractivity contribution in [1.29, 1.82) is 0 Å². The second-order valence-corrected chi connectivity index (χ2v) is 7.28. The molecule has 5 heteroatoms. The molecule has 2 saturated heterocycles. The Bertz CT molecular complexity index is 493. The van der Waals surface area contributed by atoms with Crippen LogP contribution in [-0.4, -0.2) is 51.1 Å². The van der Waals surface area contributed by atoms with Gasteiger partial charge in [-0.2, -0.15) is 0 Å². The highest BCUT2D eigenvalue weighted by Gasteiger charge is 2.75. The van der Waals surface area contributed by atoms with Crippen molar-refractivity contribution < 1.29 is 24.8 Å². The van der Waals surface area contributed by atoms with E-state index in [4.69, 9.17) is 9.47 Å². The lowest BCUT2D eigenvalue weighted by Gasteiger charge is -2.55. The molecule has 0 aromatic rings. The van der Waals surface area contributed by atoms with Gasteiger partial charge < -0.3 is 24.8 Å². The molecule has 2 aliphatic heterocycles. The fraction of sp³-hybridized carbons (Fsp3) is 0.867. The molecule has 0 aromatic heterocycles. The fourth-order valence-corrected chi connectivity index (χ4v) is 4.93. The normalized spacial score (nSPS) is 64.5. The summed E-state index contributed by atoms with van der Waals surface area (Å²) in [5.74, 6) is -1.87. The minimum atomic E-state index is -1.64. The molecule has 2 aliphatic carbocycles. The van der Waals surface area contributed by atoms with Gasteiger partial charge in [0.1, 0.15) is 11.2 Å². The number of ether oxygens (including phenoxy) is 2. The number of hydrogen-bond acceptors (Lipinski definition) is 5. The highest BCUT2D eigenvalue weighted by Crippen LogP contribution is 2.63. The lowest BCUT2D eigenvalue weighted by molar-refractivity contribution is -0.312. The van der Waals surface area contributed by atoms with Gasteiger partial charge in [0.25, 0.3) is 0 Å². The molecular formula is C15H22O5. The first-order valence-corrected chi connectivity index (χ1v) is 7.37. The van der Waals surface area contributed by atoms with E-state index >= 15 is 0 Å². The minimum absolute atomic E-state index is 0.0616. The molecule has 112 valence electrons. The van der Waals surface area contributed by atoms with Crippen molar-refractivity contribution in [1.82, 2.24) is 0 Å². The summed E-state index contributed by atoms with van der Waals surface area (Å²) in [6, 6.07) is 0. The average molecular weight is 282 g/mol. The largest absolute Gasteiger partial charge is 0.390 e. The molecule has 0 unspecified atom stereocenters. The highest BCUT2D eigenvalue weighted by atomic mass is 16.7.